The maximum absolute atomic E-state index is 5.20. The highest BCUT2D eigenvalue weighted by molar-refractivity contribution is 4.99. The Kier molecular flexibility index (Phi) is 4.81. The highest BCUT2D eigenvalue weighted by Gasteiger charge is 1.96. The van der Waals surface area contributed by atoms with Gasteiger partial charge in [0, 0.05) is 19.2 Å². The molecule has 0 bridgehead atoms. The monoisotopic (exact) mass is 191 g/mol. The summed E-state index contributed by atoms with van der Waals surface area (Å²) >= 11 is 0. The number of imidazole rings is 1. The van der Waals surface area contributed by atoms with Crippen LogP contribution in [0.3, 0.4) is 0 Å². The van der Waals surface area contributed by atoms with E-state index in [4.69, 9.17) is 6.42 Å². The first kappa shape index (κ1) is 10.8. The van der Waals surface area contributed by atoms with Crippen LogP contribution in [0.25, 0.3) is 0 Å². The topological polar surface area (TPSA) is 29.9 Å². The molecule has 0 amide bonds. The molecule has 1 aromatic rings. The normalized spacial score (nSPS) is 10.0. The van der Waals surface area contributed by atoms with Crippen molar-refractivity contribution in [3.05, 3.63) is 18.2 Å². The Morgan fingerprint density at radius 1 is 1.57 bits per heavy atom. The van der Waals surface area contributed by atoms with E-state index in [-0.39, 0.29) is 0 Å². The van der Waals surface area contributed by atoms with Gasteiger partial charge in [-0.15, -0.1) is 6.42 Å². The van der Waals surface area contributed by atoms with Crippen molar-refractivity contribution in [2.75, 3.05) is 13.1 Å². The Hall–Kier alpha value is -1.27. The molecule has 0 aliphatic carbocycles. The average Bonchev–Trinajstić information content (AvgIpc) is 2.61. The fourth-order valence-electron chi connectivity index (χ4n) is 1.25. The lowest BCUT2D eigenvalue weighted by molar-refractivity contribution is 0.666. The first-order chi connectivity index (χ1) is 6.86. The van der Waals surface area contributed by atoms with Gasteiger partial charge in [-0.3, -0.25) is 0 Å². The summed E-state index contributed by atoms with van der Waals surface area (Å²) in [7, 11) is 0. The Labute approximate surface area is 85.5 Å². The summed E-state index contributed by atoms with van der Waals surface area (Å²) < 4.78 is 1.93. The van der Waals surface area contributed by atoms with Crippen LogP contribution in [0.4, 0.5) is 0 Å². The average molecular weight is 191 g/mol. The van der Waals surface area contributed by atoms with Crippen molar-refractivity contribution in [3.63, 3.8) is 0 Å². The predicted octanol–water partition coefficient (Wildman–Crippen LogP) is 1.06. The number of rotatable bonds is 6. The Morgan fingerprint density at radius 2 is 2.43 bits per heavy atom. The standard InChI is InChI=1S/C11H17N3/c1-3-6-12-7-5-11-9-14(8-4-2)10-13-11/h2,9-10,12H,3,5-8H2,1H3. The zero-order valence-electron chi connectivity index (χ0n) is 8.66. The van der Waals surface area contributed by atoms with Crippen LogP contribution in [0, 0.1) is 12.3 Å². The van der Waals surface area contributed by atoms with E-state index in [0.717, 1.165) is 25.2 Å². The van der Waals surface area contributed by atoms with E-state index in [0.29, 0.717) is 6.54 Å². The molecule has 76 valence electrons. The zero-order chi connectivity index (χ0) is 10.2. The van der Waals surface area contributed by atoms with Crippen LogP contribution in [-0.4, -0.2) is 22.6 Å². The summed E-state index contributed by atoms with van der Waals surface area (Å²) in [5.74, 6) is 2.58. The van der Waals surface area contributed by atoms with Crippen molar-refractivity contribution in [2.24, 2.45) is 0 Å². The summed E-state index contributed by atoms with van der Waals surface area (Å²) in [5, 5.41) is 3.34. The van der Waals surface area contributed by atoms with E-state index in [1.807, 2.05) is 10.8 Å². The lowest BCUT2D eigenvalue weighted by Gasteiger charge is -1.99. The Balaban J connectivity index is 2.26. The second kappa shape index (κ2) is 6.22. The molecule has 0 radical (unpaired) electrons. The van der Waals surface area contributed by atoms with Crippen LogP contribution in [0.1, 0.15) is 19.0 Å². The minimum Gasteiger partial charge on any atom is -0.326 e. The van der Waals surface area contributed by atoms with Gasteiger partial charge in [0.2, 0.25) is 0 Å². The minimum atomic E-state index is 0.607. The number of nitrogens with zero attached hydrogens (tertiary/aromatic N) is 2. The fraction of sp³-hybridized carbons (Fsp3) is 0.545. The number of hydrogen-bond donors (Lipinski definition) is 1. The van der Waals surface area contributed by atoms with E-state index in [1.54, 1.807) is 6.33 Å². The summed E-state index contributed by atoms with van der Waals surface area (Å²) in [6.45, 7) is 4.83. The smallest absolute Gasteiger partial charge is 0.0957 e. The molecule has 0 spiro atoms. The van der Waals surface area contributed by atoms with Crippen LogP contribution in [-0.2, 0) is 13.0 Å². The molecule has 3 nitrogen and oxygen atoms in total. The van der Waals surface area contributed by atoms with Crippen LogP contribution < -0.4 is 5.32 Å². The second-order valence-corrected chi connectivity index (χ2v) is 3.24. The maximum Gasteiger partial charge on any atom is 0.0957 e. The SMILES string of the molecule is C#CCn1cnc(CCNCCC)c1. The molecule has 1 N–H and O–H groups in total. The second-order valence-electron chi connectivity index (χ2n) is 3.24. The Morgan fingerprint density at radius 3 is 3.14 bits per heavy atom. The molecule has 0 aliphatic rings. The number of nitrogens with one attached hydrogen (secondary N) is 1. The van der Waals surface area contributed by atoms with Crippen molar-refractivity contribution in [2.45, 2.75) is 26.3 Å². The molecule has 1 rings (SSSR count). The minimum absolute atomic E-state index is 0.607. The molecule has 0 atom stereocenters. The van der Waals surface area contributed by atoms with E-state index in [9.17, 15) is 0 Å². The van der Waals surface area contributed by atoms with E-state index >= 15 is 0 Å². The van der Waals surface area contributed by atoms with Gasteiger partial charge in [-0.2, -0.15) is 0 Å². The van der Waals surface area contributed by atoms with Gasteiger partial charge in [0.1, 0.15) is 0 Å². The van der Waals surface area contributed by atoms with Crippen LogP contribution >= 0.6 is 0 Å². The zero-order valence-corrected chi connectivity index (χ0v) is 8.66. The lowest BCUT2D eigenvalue weighted by atomic mass is 10.3. The molecule has 3 heteroatoms. The first-order valence-corrected chi connectivity index (χ1v) is 5.01. The number of hydrogen-bond acceptors (Lipinski definition) is 2. The van der Waals surface area contributed by atoms with E-state index in [1.165, 1.54) is 6.42 Å². The van der Waals surface area contributed by atoms with Gasteiger partial charge in [-0.1, -0.05) is 12.8 Å². The van der Waals surface area contributed by atoms with Gasteiger partial charge >= 0.3 is 0 Å². The predicted molar refractivity (Wildman–Crippen MR) is 57.9 cm³/mol. The van der Waals surface area contributed by atoms with Crippen LogP contribution in [0.5, 0.6) is 0 Å². The summed E-state index contributed by atoms with van der Waals surface area (Å²) in [5.41, 5.74) is 1.10. The van der Waals surface area contributed by atoms with Gasteiger partial charge in [0.15, 0.2) is 0 Å². The van der Waals surface area contributed by atoms with Crippen molar-refractivity contribution in [1.82, 2.24) is 14.9 Å². The highest BCUT2D eigenvalue weighted by atomic mass is 15.0. The largest absolute Gasteiger partial charge is 0.326 e. The molecule has 0 fully saturated rings. The number of terminal acetylenes is 1. The first-order valence-electron chi connectivity index (χ1n) is 5.01. The molecule has 0 saturated heterocycles. The van der Waals surface area contributed by atoms with E-state index in [2.05, 4.69) is 23.1 Å². The van der Waals surface area contributed by atoms with E-state index < -0.39 is 0 Å². The molecule has 0 aromatic carbocycles. The lowest BCUT2D eigenvalue weighted by Crippen LogP contribution is -2.17. The maximum atomic E-state index is 5.20. The van der Waals surface area contributed by atoms with Gasteiger partial charge in [0.05, 0.1) is 18.6 Å². The summed E-state index contributed by atoms with van der Waals surface area (Å²) in [4.78, 5) is 4.26. The fourth-order valence-corrected chi connectivity index (χ4v) is 1.25. The van der Waals surface area contributed by atoms with Gasteiger partial charge in [-0.25, -0.2) is 4.98 Å². The third-order valence-corrected chi connectivity index (χ3v) is 1.95. The third-order valence-electron chi connectivity index (χ3n) is 1.95. The van der Waals surface area contributed by atoms with Crippen molar-refractivity contribution in [3.8, 4) is 12.3 Å². The molecule has 0 unspecified atom stereocenters. The highest BCUT2D eigenvalue weighted by Crippen LogP contribution is 1.96. The molecule has 1 heterocycles. The van der Waals surface area contributed by atoms with Gasteiger partial charge < -0.3 is 9.88 Å². The van der Waals surface area contributed by atoms with Crippen molar-refractivity contribution < 1.29 is 0 Å². The van der Waals surface area contributed by atoms with Gasteiger partial charge in [0.25, 0.3) is 0 Å². The molecule has 1 aromatic heterocycles. The molecule has 0 aliphatic heterocycles. The van der Waals surface area contributed by atoms with Crippen LogP contribution in [0.2, 0.25) is 0 Å². The quantitative estimate of drug-likeness (QED) is 0.538. The Bertz CT molecular complexity index is 296. The summed E-state index contributed by atoms with van der Waals surface area (Å²) in [6, 6.07) is 0. The van der Waals surface area contributed by atoms with Gasteiger partial charge in [-0.05, 0) is 13.0 Å². The van der Waals surface area contributed by atoms with Crippen molar-refractivity contribution in [1.29, 1.82) is 0 Å². The molecule has 14 heavy (non-hydrogen) atoms. The van der Waals surface area contributed by atoms with Crippen LogP contribution in [0.15, 0.2) is 12.5 Å². The third kappa shape index (κ3) is 3.63. The number of aromatic nitrogens is 2. The molecule has 0 saturated carbocycles. The van der Waals surface area contributed by atoms with Crippen molar-refractivity contribution >= 4 is 0 Å². The molecular weight excluding hydrogens is 174 g/mol. The summed E-state index contributed by atoms with van der Waals surface area (Å²) in [6.07, 6.45) is 11.1. The molecular formula is C11H17N3.